The Morgan fingerprint density at radius 1 is 1.20 bits per heavy atom. The van der Waals surface area contributed by atoms with Gasteiger partial charge in [0.05, 0.1) is 0 Å². The molecule has 0 saturated heterocycles. The number of phenols is 1. The first-order valence-corrected chi connectivity index (χ1v) is 10.5. The van der Waals surface area contributed by atoms with Gasteiger partial charge in [-0.1, -0.05) is 12.1 Å². The van der Waals surface area contributed by atoms with E-state index in [9.17, 15) is 19.5 Å². The average molecular weight is 440 g/mol. The van der Waals surface area contributed by atoms with E-state index in [1.54, 1.807) is 39.8 Å². The molecule has 168 valence electrons. The number of hydrogen-bond donors (Lipinski definition) is 4. The molecule has 1 aromatic rings. The number of nitrogens with zero attached hydrogens (tertiary/aromatic N) is 1. The van der Waals surface area contributed by atoms with Gasteiger partial charge in [0.15, 0.2) is 0 Å². The van der Waals surface area contributed by atoms with Crippen LogP contribution in [-0.4, -0.2) is 57.9 Å². The molecule has 9 heteroatoms. The number of aromatic hydroxyl groups is 1. The first-order valence-electron chi connectivity index (χ1n) is 9.89. The third-order valence-electron chi connectivity index (χ3n) is 3.97. The van der Waals surface area contributed by atoms with E-state index in [1.165, 1.54) is 17.0 Å². The van der Waals surface area contributed by atoms with Crippen LogP contribution in [0, 0.1) is 0 Å². The van der Waals surface area contributed by atoms with Crippen molar-refractivity contribution < 1.29 is 24.2 Å². The number of alkyl carbamates (subject to hydrolysis) is 1. The molecule has 1 aromatic carbocycles. The van der Waals surface area contributed by atoms with Gasteiger partial charge in [0, 0.05) is 18.3 Å². The van der Waals surface area contributed by atoms with Crippen LogP contribution in [0.5, 0.6) is 5.75 Å². The molecule has 8 nitrogen and oxygen atoms in total. The van der Waals surface area contributed by atoms with E-state index in [0.29, 0.717) is 5.56 Å². The van der Waals surface area contributed by atoms with Gasteiger partial charge >= 0.3 is 6.09 Å². The number of nitrogens with one attached hydrogen (secondary N) is 2. The van der Waals surface area contributed by atoms with Gasteiger partial charge in [-0.2, -0.15) is 12.6 Å². The van der Waals surface area contributed by atoms with Crippen LogP contribution in [0.1, 0.15) is 53.1 Å². The van der Waals surface area contributed by atoms with Crippen molar-refractivity contribution in [2.45, 2.75) is 65.3 Å². The van der Waals surface area contributed by atoms with Gasteiger partial charge in [-0.15, -0.1) is 0 Å². The Hall–Kier alpha value is -2.42. The van der Waals surface area contributed by atoms with Gasteiger partial charge in [0.1, 0.15) is 23.4 Å². The first kappa shape index (κ1) is 25.6. The molecule has 3 amide bonds. The summed E-state index contributed by atoms with van der Waals surface area (Å²) in [5, 5.41) is 15.2. The number of thiol groups is 1. The molecule has 0 heterocycles. The lowest BCUT2D eigenvalue weighted by molar-refractivity contribution is -0.142. The van der Waals surface area contributed by atoms with Crippen molar-refractivity contribution >= 4 is 30.5 Å². The molecule has 0 aliphatic carbocycles. The smallest absolute Gasteiger partial charge is 0.408 e. The zero-order valence-electron chi connectivity index (χ0n) is 18.4. The van der Waals surface area contributed by atoms with Crippen LogP contribution < -0.4 is 10.6 Å². The van der Waals surface area contributed by atoms with E-state index in [4.69, 9.17) is 4.74 Å². The number of carbonyl (C=O) groups excluding carboxylic acids is 3. The molecular formula is C21H33N3O5S. The molecule has 0 radical (unpaired) electrons. The molecule has 2 atom stereocenters. The second kappa shape index (κ2) is 11.1. The van der Waals surface area contributed by atoms with Crippen LogP contribution in [0.2, 0.25) is 0 Å². The summed E-state index contributed by atoms with van der Waals surface area (Å²) >= 11 is 4.20. The highest BCUT2D eigenvalue weighted by Crippen LogP contribution is 2.25. The normalized spacial score (nSPS) is 13.3. The van der Waals surface area contributed by atoms with E-state index in [0.717, 1.165) is 0 Å². The Balaban J connectivity index is 3.22. The molecule has 0 aliphatic heterocycles. The highest BCUT2D eigenvalue weighted by molar-refractivity contribution is 7.80. The van der Waals surface area contributed by atoms with Crippen molar-refractivity contribution in [2.24, 2.45) is 0 Å². The summed E-state index contributed by atoms with van der Waals surface area (Å²) in [7, 11) is 0. The molecule has 2 unspecified atom stereocenters. The van der Waals surface area contributed by atoms with Gasteiger partial charge < -0.3 is 25.4 Å². The van der Waals surface area contributed by atoms with Gasteiger partial charge in [-0.3, -0.25) is 9.59 Å². The standard InChI is InChI=1S/C21H33N3O5S/c1-7-24(19(27)16(12-30)23-20(28)29-21(4,5)6)17(18(26)22-13(2)3)14-9-8-10-15(25)11-14/h8-11,13,16-17,25,30H,7,12H2,1-6H3,(H,22,26)(H,23,28). The summed E-state index contributed by atoms with van der Waals surface area (Å²) in [5.41, 5.74) is -0.265. The van der Waals surface area contributed by atoms with Crippen molar-refractivity contribution in [1.82, 2.24) is 15.5 Å². The summed E-state index contributed by atoms with van der Waals surface area (Å²) < 4.78 is 5.23. The Kier molecular flexibility index (Phi) is 9.48. The Labute approximate surface area is 183 Å². The maximum absolute atomic E-state index is 13.3. The maximum atomic E-state index is 13.3. The minimum absolute atomic E-state index is 0.0176. The van der Waals surface area contributed by atoms with E-state index >= 15 is 0 Å². The van der Waals surface area contributed by atoms with E-state index < -0.39 is 29.7 Å². The Bertz CT molecular complexity index is 748. The molecule has 3 N–H and O–H groups in total. The van der Waals surface area contributed by atoms with Crippen molar-refractivity contribution in [2.75, 3.05) is 12.3 Å². The summed E-state index contributed by atoms with van der Waals surface area (Å²) in [5.74, 6) is -0.866. The van der Waals surface area contributed by atoms with Gasteiger partial charge in [-0.05, 0) is 59.2 Å². The number of hydrogen-bond acceptors (Lipinski definition) is 6. The second-order valence-corrected chi connectivity index (χ2v) is 8.53. The molecule has 30 heavy (non-hydrogen) atoms. The fourth-order valence-corrected chi connectivity index (χ4v) is 3.08. The van der Waals surface area contributed by atoms with Crippen molar-refractivity contribution in [3.05, 3.63) is 29.8 Å². The average Bonchev–Trinajstić information content (AvgIpc) is 2.61. The van der Waals surface area contributed by atoms with Crippen LogP contribution in [0.25, 0.3) is 0 Å². The van der Waals surface area contributed by atoms with Gasteiger partial charge in [-0.25, -0.2) is 4.79 Å². The van der Waals surface area contributed by atoms with Gasteiger partial charge in [0.2, 0.25) is 11.8 Å². The third kappa shape index (κ3) is 7.78. The maximum Gasteiger partial charge on any atom is 0.408 e. The van der Waals surface area contributed by atoms with Crippen LogP contribution >= 0.6 is 12.6 Å². The lowest BCUT2D eigenvalue weighted by Crippen LogP contribution is -2.54. The van der Waals surface area contributed by atoms with Crippen LogP contribution in [0.3, 0.4) is 0 Å². The van der Waals surface area contributed by atoms with E-state index in [2.05, 4.69) is 23.3 Å². The summed E-state index contributed by atoms with van der Waals surface area (Å²) in [6.07, 6.45) is -0.744. The van der Waals surface area contributed by atoms with Crippen molar-refractivity contribution in [1.29, 1.82) is 0 Å². The largest absolute Gasteiger partial charge is 0.508 e. The lowest BCUT2D eigenvalue weighted by atomic mass is 10.0. The molecule has 0 aromatic heterocycles. The molecule has 0 aliphatic rings. The minimum atomic E-state index is -0.991. The number of amides is 3. The topological polar surface area (TPSA) is 108 Å². The SMILES string of the molecule is CCN(C(=O)C(CS)NC(=O)OC(C)(C)C)C(C(=O)NC(C)C)c1cccc(O)c1. The molecule has 0 saturated carbocycles. The zero-order valence-corrected chi connectivity index (χ0v) is 19.3. The number of phenolic OH excluding ortho intramolecular Hbond substituents is 1. The Morgan fingerprint density at radius 2 is 1.83 bits per heavy atom. The fourth-order valence-electron chi connectivity index (χ4n) is 2.83. The highest BCUT2D eigenvalue weighted by Gasteiger charge is 2.35. The zero-order chi connectivity index (χ0) is 23.1. The molecular weight excluding hydrogens is 406 g/mol. The number of benzene rings is 1. The highest BCUT2D eigenvalue weighted by atomic mass is 32.1. The Morgan fingerprint density at radius 3 is 2.30 bits per heavy atom. The summed E-state index contributed by atoms with van der Waals surface area (Å²) in [4.78, 5) is 39.7. The van der Waals surface area contributed by atoms with Crippen molar-refractivity contribution in [3.8, 4) is 5.75 Å². The predicted molar refractivity (Wildman–Crippen MR) is 119 cm³/mol. The second-order valence-electron chi connectivity index (χ2n) is 8.17. The molecule has 0 bridgehead atoms. The van der Waals surface area contributed by atoms with Crippen LogP contribution in [0.15, 0.2) is 24.3 Å². The third-order valence-corrected chi connectivity index (χ3v) is 4.34. The molecule has 1 rings (SSSR count). The van der Waals surface area contributed by atoms with Crippen LogP contribution in [0.4, 0.5) is 4.79 Å². The molecule has 0 spiro atoms. The predicted octanol–water partition coefficient (Wildman–Crippen LogP) is 2.63. The number of rotatable bonds is 8. The van der Waals surface area contributed by atoms with E-state index in [-0.39, 0.29) is 30.0 Å². The fraction of sp³-hybridized carbons (Fsp3) is 0.571. The lowest BCUT2D eigenvalue weighted by Gasteiger charge is -2.33. The van der Waals surface area contributed by atoms with E-state index in [1.807, 2.05) is 13.8 Å². The van der Waals surface area contributed by atoms with Gasteiger partial charge in [0.25, 0.3) is 0 Å². The van der Waals surface area contributed by atoms with Crippen molar-refractivity contribution in [3.63, 3.8) is 0 Å². The number of ether oxygens (including phenoxy) is 1. The minimum Gasteiger partial charge on any atom is -0.508 e. The molecule has 0 fully saturated rings. The monoisotopic (exact) mass is 439 g/mol. The number of carbonyl (C=O) groups is 3. The summed E-state index contributed by atoms with van der Waals surface area (Å²) in [6, 6.07) is 4.07. The summed E-state index contributed by atoms with van der Waals surface area (Å²) in [6.45, 7) is 10.7. The number of likely N-dealkylation sites (N-methyl/N-ethyl adjacent to an activating group) is 1. The quantitative estimate of drug-likeness (QED) is 0.466. The first-order chi connectivity index (χ1) is 13.9. The van der Waals surface area contributed by atoms with Crippen LogP contribution in [-0.2, 0) is 14.3 Å².